The van der Waals surface area contributed by atoms with Gasteiger partial charge in [-0.25, -0.2) is 0 Å². The van der Waals surface area contributed by atoms with Crippen molar-refractivity contribution in [2.75, 3.05) is 0 Å². The summed E-state index contributed by atoms with van der Waals surface area (Å²) in [4.78, 5) is 11.3. The number of esters is 1. The minimum atomic E-state index is -0.291. The molecule has 0 aromatic heterocycles. The third-order valence-corrected chi connectivity index (χ3v) is 4.17. The molecular weight excluding hydrogens is 240 g/mol. The molecule has 1 heterocycles. The van der Waals surface area contributed by atoms with Gasteiger partial charge in [-0.2, -0.15) is 0 Å². The van der Waals surface area contributed by atoms with Crippen molar-refractivity contribution in [1.82, 2.24) is 0 Å². The van der Waals surface area contributed by atoms with E-state index in [0.29, 0.717) is 0 Å². The van der Waals surface area contributed by atoms with Gasteiger partial charge in [0.1, 0.15) is 11.4 Å². The Balaban J connectivity index is 2.02. The molecule has 0 bridgehead atoms. The highest BCUT2D eigenvalue weighted by atomic mass is 16.6. The van der Waals surface area contributed by atoms with Crippen molar-refractivity contribution in [2.24, 2.45) is 0 Å². The van der Waals surface area contributed by atoms with E-state index in [2.05, 4.69) is 13.0 Å². The summed E-state index contributed by atoms with van der Waals surface area (Å²) in [6, 6.07) is 0. The monoisotopic (exact) mass is 266 g/mol. The Morgan fingerprint density at radius 3 is 2.74 bits per heavy atom. The first kappa shape index (κ1) is 14.6. The van der Waals surface area contributed by atoms with Gasteiger partial charge < -0.3 is 9.47 Å². The van der Waals surface area contributed by atoms with Gasteiger partial charge in [-0.05, 0) is 25.3 Å². The van der Waals surface area contributed by atoms with Crippen LogP contribution in [0.1, 0.15) is 71.6 Å². The molecule has 1 atom stereocenters. The Labute approximate surface area is 116 Å². The normalized spacial score (nSPS) is 25.4. The predicted molar refractivity (Wildman–Crippen MR) is 74.7 cm³/mol. The highest BCUT2D eigenvalue weighted by Crippen LogP contribution is 2.44. The van der Waals surface area contributed by atoms with Crippen molar-refractivity contribution in [2.45, 2.75) is 83.3 Å². The van der Waals surface area contributed by atoms with E-state index in [1.807, 2.05) is 0 Å². The zero-order valence-electron chi connectivity index (χ0n) is 12.2. The molecular formula is C16H26O3. The van der Waals surface area contributed by atoms with Gasteiger partial charge in [0.2, 0.25) is 0 Å². The third kappa shape index (κ3) is 3.59. The molecule has 2 aliphatic rings. The second-order valence-electron chi connectivity index (χ2n) is 5.83. The fourth-order valence-electron chi connectivity index (χ4n) is 3.21. The summed E-state index contributed by atoms with van der Waals surface area (Å²) in [7, 11) is 0. The molecule has 0 aromatic carbocycles. The molecule has 1 saturated carbocycles. The molecule has 0 saturated heterocycles. The van der Waals surface area contributed by atoms with Gasteiger partial charge in [0.25, 0.3) is 0 Å². The Bertz CT molecular complexity index is 340. The number of carbonyl (C=O) groups excluding carboxylic acids is 1. The SMILES string of the molecule is CCCCC[C@@H]1C=C(OC(C)=O)C2(CCCCC2)O1. The molecule has 1 aliphatic heterocycles. The van der Waals surface area contributed by atoms with Crippen LogP contribution >= 0.6 is 0 Å². The first-order valence-electron chi connectivity index (χ1n) is 7.75. The van der Waals surface area contributed by atoms with E-state index in [4.69, 9.17) is 9.47 Å². The van der Waals surface area contributed by atoms with Crippen molar-refractivity contribution in [3.8, 4) is 0 Å². The van der Waals surface area contributed by atoms with Crippen molar-refractivity contribution < 1.29 is 14.3 Å². The van der Waals surface area contributed by atoms with Crippen molar-refractivity contribution >= 4 is 5.97 Å². The summed E-state index contributed by atoms with van der Waals surface area (Å²) < 4.78 is 11.7. The van der Waals surface area contributed by atoms with Crippen LogP contribution in [0.4, 0.5) is 0 Å². The number of rotatable bonds is 5. The van der Waals surface area contributed by atoms with E-state index < -0.39 is 0 Å². The van der Waals surface area contributed by atoms with Crippen LogP contribution in [0.15, 0.2) is 11.8 Å². The maximum absolute atomic E-state index is 11.3. The summed E-state index contributed by atoms with van der Waals surface area (Å²) in [6.45, 7) is 3.68. The van der Waals surface area contributed by atoms with Crippen molar-refractivity contribution in [3.63, 3.8) is 0 Å². The number of hydrogen-bond donors (Lipinski definition) is 0. The number of unbranched alkanes of at least 4 members (excludes halogenated alkanes) is 2. The Kier molecular flexibility index (Phi) is 5.03. The summed E-state index contributed by atoms with van der Waals surface area (Å²) in [6.07, 6.45) is 12.5. The highest BCUT2D eigenvalue weighted by molar-refractivity contribution is 5.67. The molecule has 1 spiro atoms. The molecule has 0 amide bonds. The molecule has 108 valence electrons. The van der Waals surface area contributed by atoms with Crippen LogP contribution in [-0.4, -0.2) is 17.7 Å². The molecule has 3 heteroatoms. The van der Waals surface area contributed by atoms with Crippen LogP contribution in [0.5, 0.6) is 0 Å². The van der Waals surface area contributed by atoms with Gasteiger partial charge in [0.05, 0.1) is 6.10 Å². The molecule has 3 nitrogen and oxygen atoms in total. The van der Waals surface area contributed by atoms with Crippen LogP contribution < -0.4 is 0 Å². The average molecular weight is 266 g/mol. The van der Waals surface area contributed by atoms with Crippen LogP contribution in [0.2, 0.25) is 0 Å². The Hall–Kier alpha value is -0.830. The highest BCUT2D eigenvalue weighted by Gasteiger charge is 2.45. The van der Waals surface area contributed by atoms with E-state index in [0.717, 1.165) is 25.0 Å². The molecule has 0 aromatic rings. The van der Waals surface area contributed by atoms with Crippen molar-refractivity contribution in [3.05, 3.63) is 11.8 Å². The fourth-order valence-corrected chi connectivity index (χ4v) is 3.21. The van der Waals surface area contributed by atoms with Crippen molar-refractivity contribution in [1.29, 1.82) is 0 Å². The standard InChI is InChI=1S/C16H26O3/c1-3-4-6-9-14-12-15(18-13(2)17)16(19-14)10-7-5-8-11-16/h12,14H,3-11H2,1-2H3/t14-/m1/s1. The van der Waals surface area contributed by atoms with E-state index in [9.17, 15) is 4.79 Å². The van der Waals surface area contributed by atoms with E-state index in [-0.39, 0.29) is 17.7 Å². The quantitative estimate of drug-likeness (QED) is 0.555. The Morgan fingerprint density at radius 2 is 2.11 bits per heavy atom. The van der Waals surface area contributed by atoms with Crippen LogP contribution in [0.25, 0.3) is 0 Å². The van der Waals surface area contributed by atoms with E-state index in [1.54, 1.807) is 0 Å². The van der Waals surface area contributed by atoms with Gasteiger partial charge in [-0.15, -0.1) is 0 Å². The van der Waals surface area contributed by atoms with Crippen LogP contribution in [0, 0.1) is 0 Å². The molecule has 0 N–H and O–H groups in total. The van der Waals surface area contributed by atoms with Gasteiger partial charge in [-0.3, -0.25) is 4.79 Å². The zero-order valence-corrected chi connectivity index (χ0v) is 12.2. The summed E-state index contributed by atoms with van der Waals surface area (Å²) >= 11 is 0. The van der Waals surface area contributed by atoms with Crippen LogP contribution in [-0.2, 0) is 14.3 Å². The van der Waals surface area contributed by atoms with E-state index >= 15 is 0 Å². The van der Waals surface area contributed by atoms with Crippen LogP contribution in [0.3, 0.4) is 0 Å². The second kappa shape index (κ2) is 6.56. The fraction of sp³-hybridized carbons (Fsp3) is 0.812. The van der Waals surface area contributed by atoms with Gasteiger partial charge in [-0.1, -0.05) is 45.4 Å². The van der Waals surface area contributed by atoms with Gasteiger partial charge in [0.15, 0.2) is 0 Å². The van der Waals surface area contributed by atoms with Gasteiger partial charge in [0, 0.05) is 6.92 Å². The second-order valence-corrected chi connectivity index (χ2v) is 5.83. The lowest BCUT2D eigenvalue weighted by Crippen LogP contribution is -2.36. The predicted octanol–water partition coefficient (Wildman–Crippen LogP) is 4.12. The molecule has 0 unspecified atom stereocenters. The summed E-state index contributed by atoms with van der Waals surface area (Å²) in [5.41, 5.74) is -0.291. The molecule has 1 aliphatic carbocycles. The zero-order chi connectivity index (χ0) is 13.7. The minimum absolute atomic E-state index is 0.138. The molecule has 2 rings (SSSR count). The lowest BCUT2D eigenvalue weighted by atomic mass is 9.84. The van der Waals surface area contributed by atoms with E-state index in [1.165, 1.54) is 45.4 Å². The largest absolute Gasteiger partial charge is 0.428 e. The number of ether oxygens (including phenoxy) is 2. The average Bonchev–Trinajstić information content (AvgIpc) is 2.68. The smallest absolute Gasteiger partial charge is 0.307 e. The van der Waals surface area contributed by atoms with Gasteiger partial charge >= 0.3 is 5.97 Å². The summed E-state index contributed by atoms with van der Waals surface area (Å²) in [5, 5.41) is 0. The lowest BCUT2D eigenvalue weighted by Gasteiger charge is -2.35. The summed E-state index contributed by atoms with van der Waals surface area (Å²) in [5.74, 6) is 0.565. The molecule has 1 fully saturated rings. The minimum Gasteiger partial charge on any atom is -0.428 e. The first-order valence-corrected chi connectivity index (χ1v) is 7.75. The maximum Gasteiger partial charge on any atom is 0.307 e. The first-order chi connectivity index (χ1) is 9.16. The number of carbonyl (C=O) groups is 1. The topological polar surface area (TPSA) is 35.5 Å². The maximum atomic E-state index is 11.3. The Morgan fingerprint density at radius 1 is 1.37 bits per heavy atom. The molecule has 0 radical (unpaired) electrons. The molecule has 19 heavy (non-hydrogen) atoms. The number of hydrogen-bond acceptors (Lipinski definition) is 3. The third-order valence-electron chi connectivity index (χ3n) is 4.17. The lowest BCUT2D eigenvalue weighted by molar-refractivity contribution is -0.143.